The molecule has 96 valence electrons. The molecule has 4 heteroatoms. The summed E-state index contributed by atoms with van der Waals surface area (Å²) in [5, 5.41) is 0. The molecule has 1 atom stereocenters. The average Bonchev–Trinajstić information content (AvgIpc) is 2.35. The Kier molecular flexibility index (Phi) is 6.28. The molecule has 0 amide bonds. The van der Waals surface area contributed by atoms with Gasteiger partial charge in [0.1, 0.15) is 0 Å². The number of hydrogen-bond donors (Lipinski definition) is 2. The second-order valence-corrected chi connectivity index (χ2v) is 4.68. The maximum atomic E-state index is 5.78. The molecule has 0 radical (unpaired) electrons. The number of nitrogens with one attached hydrogen (secondary N) is 1. The SMILES string of the molecule is COCCCC(NN)C1(OC)CCCCC1. The Labute approximate surface area is 98.8 Å². The Morgan fingerprint density at radius 3 is 2.44 bits per heavy atom. The van der Waals surface area contributed by atoms with Crippen LogP contribution in [-0.4, -0.2) is 32.5 Å². The minimum Gasteiger partial charge on any atom is -0.385 e. The molecule has 16 heavy (non-hydrogen) atoms. The van der Waals surface area contributed by atoms with E-state index in [1.807, 2.05) is 7.11 Å². The van der Waals surface area contributed by atoms with Crippen LogP contribution < -0.4 is 11.3 Å². The lowest BCUT2D eigenvalue weighted by atomic mass is 9.78. The van der Waals surface area contributed by atoms with Gasteiger partial charge in [-0.05, 0) is 25.7 Å². The zero-order valence-electron chi connectivity index (χ0n) is 10.6. The number of hydrazine groups is 1. The van der Waals surface area contributed by atoms with Gasteiger partial charge < -0.3 is 9.47 Å². The first kappa shape index (κ1) is 13.9. The molecule has 0 spiro atoms. The van der Waals surface area contributed by atoms with Crippen LogP contribution in [0.1, 0.15) is 44.9 Å². The molecule has 0 aromatic heterocycles. The van der Waals surface area contributed by atoms with Crippen LogP contribution in [0.3, 0.4) is 0 Å². The van der Waals surface area contributed by atoms with Crippen molar-refractivity contribution in [1.82, 2.24) is 5.43 Å². The highest BCUT2D eigenvalue weighted by Gasteiger charge is 2.39. The van der Waals surface area contributed by atoms with E-state index in [1.165, 1.54) is 19.3 Å². The average molecular weight is 230 g/mol. The van der Waals surface area contributed by atoms with E-state index in [-0.39, 0.29) is 11.6 Å². The molecule has 0 aromatic carbocycles. The molecule has 0 bridgehead atoms. The lowest BCUT2D eigenvalue weighted by molar-refractivity contribution is -0.0705. The molecule has 1 fully saturated rings. The molecule has 1 aliphatic rings. The summed E-state index contributed by atoms with van der Waals surface area (Å²) in [5.74, 6) is 5.68. The molecule has 0 saturated heterocycles. The van der Waals surface area contributed by atoms with Gasteiger partial charge in [-0.25, -0.2) is 0 Å². The van der Waals surface area contributed by atoms with Gasteiger partial charge in [-0.3, -0.25) is 11.3 Å². The van der Waals surface area contributed by atoms with E-state index in [0.717, 1.165) is 32.3 Å². The van der Waals surface area contributed by atoms with Gasteiger partial charge in [0.25, 0.3) is 0 Å². The maximum absolute atomic E-state index is 5.78. The Hall–Kier alpha value is -0.160. The van der Waals surface area contributed by atoms with Gasteiger partial charge in [-0.15, -0.1) is 0 Å². The van der Waals surface area contributed by atoms with Gasteiger partial charge in [-0.1, -0.05) is 19.3 Å². The number of methoxy groups -OCH3 is 2. The molecular weight excluding hydrogens is 204 g/mol. The summed E-state index contributed by atoms with van der Waals surface area (Å²) in [5.41, 5.74) is 2.89. The number of ether oxygens (including phenoxy) is 2. The van der Waals surface area contributed by atoms with Crippen LogP contribution in [0.15, 0.2) is 0 Å². The molecule has 0 aromatic rings. The van der Waals surface area contributed by atoms with Gasteiger partial charge in [0.15, 0.2) is 0 Å². The van der Waals surface area contributed by atoms with Crippen molar-refractivity contribution in [3.63, 3.8) is 0 Å². The number of nitrogens with two attached hydrogens (primary N) is 1. The summed E-state index contributed by atoms with van der Waals surface area (Å²) in [4.78, 5) is 0. The fraction of sp³-hybridized carbons (Fsp3) is 1.00. The summed E-state index contributed by atoms with van der Waals surface area (Å²) >= 11 is 0. The van der Waals surface area contributed by atoms with Crippen molar-refractivity contribution < 1.29 is 9.47 Å². The number of hydrogen-bond acceptors (Lipinski definition) is 4. The molecule has 0 aliphatic heterocycles. The second kappa shape index (κ2) is 7.22. The first-order valence-corrected chi connectivity index (χ1v) is 6.29. The predicted molar refractivity (Wildman–Crippen MR) is 65.0 cm³/mol. The Bertz CT molecular complexity index is 182. The van der Waals surface area contributed by atoms with E-state index >= 15 is 0 Å². The molecular formula is C12H26N2O2. The first-order valence-electron chi connectivity index (χ1n) is 6.29. The molecule has 0 heterocycles. The third kappa shape index (κ3) is 3.42. The van der Waals surface area contributed by atoms with Gasteiger partial charge in [-0.2, -0.15) is 0 Å². The minimum absolute atomic E-state index is 0.0548. The summed E-state index contributed by atoms with van der Waals surface area (Å²) in [6.45, 7) is 0.790. The highest BCUT2D eigenvalue weighted by atomic mass is 16.5. The summed E-state index contributed by atoms with van der Waals surface area (Å²) in [6, 6.07) is 0.243. The third-order valence-electron chi connectivity index (χ3n) is 3.78. The summed E-state index contributed by atoms with van der Waals surface area (Å²) in [6.07, 6.45) is 8.08. The minimum atomic E-state index is -0.0548. The Morgan fingerprint density at radius 1 is 1.25 bits per heavy atom. The smallest absolute Gasteiger partial charge is 0.0844 e. The summed E-state index contributed by atoms with van der Waals surface area (Å²) < 4.78 is 10.9. The highest BCUT2D eigenvalue weighted by molar-refractivity contribution is 4.94. The van der Waals surface area contributed by atoms with Crippen molar-refractivity contribution in [1.29, 1.82) is 0 Å². The van der Waals surface area contributed by atoms with Gasteiger partial charge in [0.05, 0.1) is 11.6 Å². The molecule has 1 unspecified atom stereocenters. The topological polar surface area (TPSA) is 56.5 Å². The van der Waals surface area contributed by atoms with E-state index in [0.29, 0.717) is 0 Å². The molecule has 1 saturated carbocycles. The van der Waals surface area contributed by atoms with Crippen molar-refractivity contribution in [2.45, 2.75) is 56.6 Å². The Balaban J connectivity index is 2.51. The van der Waals surface area contributed by atoms with Crippen molar-refractivity contribution in [2.24, 2.45) is 5.84 Å². The van der Waals surface area contributed by atoms with Crippen LogP contribution in [-0.2, 0) is 9.47 Å². The van der Waals surface area contributed by atoms with Crippen LogP contribution in [0.4, 0.5) is 0 Å². The Morgan fingerprint density at radius 2 is 1.94 bits per heavy atom. The van der Waals surface area contributed by atoms with E-state index in [2.05, 4.69) is 5.43 Å². The quantitative estimate of drug-likeness (QED) is 0.396. The fourth-order valence-corrected chi connectivity index (χ4v) is 2.78. The standard InChI is InChI=1S/C12H26N2O2/c1-15-10-6-7-11(14-13)12(16-2)8-4-3-5-9-12/h11,14H,3-10,13H2,1-2H3. The van der Waals surface area contributed by atoms with E-state index in [9.17, 15) is 0 Å². The van der Waals surface area contributed by atoms with Crippen LogP contribution >= 0.6 is 0 Å². The summed E-state index contributed by atoms with van der Waals surface area (Å²) in [7, 11) is 3.55. The van der Waals surface area contributed by atoms with Crippen molar-refractivity contribution >= 4 is 0 Å². The fourth-order valence-electron chi connectivity index (χ4n) is 2.78. The van der Waals surface area contributed by atoms with Crippen LogP contribution in [0.2, 0.25) is 0 Å². The highest BCUT2D eigenvalue weighted by Crippen LogP contribution is 2.35. The zero-order valence-corrected chi connectivity index (χ0v) is 10.6. The van der Waals surface area contributed by atoms with Gasteiger partial charge in [0.2, 0.25) is 0 Å². The lowest BCUT2D eigenvalue weighted by Gasteiger charge is -2.42. The third-order valence-corrected chi connectivity index (χ3v) is 3.78. The molecule has 3 N–H and O–H groups in total. The lowest BCUT2D eigenvalue weighted by Crippen LogP contribution is -2.55. The van der Waals surface area contributed by atoms with E-state index in [4.69, 9.17) is 15.3 Å². The molecule has 1 aliphatic carbocycles. The van der Waals surface area contributed by atoms with Crippen LogP contribution in [0, 0.1) is 0 Å². The van der Waals surface area contributed by atoms with Gasteiger partial charge >= 0.3 is 0 Å². The monoisotopic (exact) mass is 230 g/mol. The van der Waals surface area contributed by atoms with Crippen molar-refractivity contribution in [2.75, 3.05) is 20.8 Å². The second-order valence-electron chi connectivity index (χ2n) is 4.68. The zero-order chi connectivity index (χ0) is 11.9. The van der Waals surface area contributed by atoms with E-state index < -0.39 is 0 Å². The first-order chi connectivity index (χ1) is 7.79. The van der Waals surface area contributed by atoms with Crippen molar-refractivity contribution in [3.05, 3.63) is 0 Å². The van der Waals surface area contributed by atoms with Crippen LogP contribution in [0.5, 0.6) is 0 Å². The molecule has 1 rings (SSSR count). The largest absolute Gasteiger partial charge is 0.385 e. The van der Waals surface area contributed by atoms with Gasteiger partial charge in [0, 0.05) is 20.8 Å². The molecule has 4 nitrogen and oxygen atoms in total. The van der Waals surface area contributed by atoms with Crippen molar-refractivity contribution in [3.8, 4) is 0 Å². The predicted octanol–water partition coefficient (Wildman–Crippen LogP) is 1.59. The van der Waals surface area contributed by atoms with E-state index in [1.54, 1.807) is 7.11 Å². The van der Waals surface area contributed by atoms with Crippen LogP contribution in [0.25, 0.3) is 0 Å². The normalized spacial score (nSPS) is 21.9. The maximum Gasteiger partial charge on any atom is 0.0844 e. The number of rotatable bonds is 7.